The highest BCUT2D eigenvalue weighted by atomic mass is 16.5. The van der Waals surface area contributed by atoms with Crippen molar-refractivity contribution in [2.75, 3.05) is 13.1 Å². The third kappa shape index (κ3) is 3.84. The van der Waals surface area contributed by atoms with Crippen LogP contribution in [0.1, 0.15) is 64.4 Å². The summed E-state index contributed by atoms with van der Waals surface area (Å²) in [5.41, 5.74) is 1.90. The molecule has 3 rings (SSSR count). The van der Waals surface area contributed by atoms with Gasteiger partial charge in [0.1, 0.15) is 5.75 Å². The Bertz CT molecular complexity index is 459. The van der Waals surface area contributed by atoms with Gasteiger partial charge in [0.15, 0.2) is 0 Å². The van der Waals surface area contributed by atoms with Crippen molar-refractivity contribution >= 4 is 0 Å². The van der Waals surface area contributed by atoms with Crippen LogP contribution in [-0.2, 0) is 0 Å². The van der Waals surface area contributed by atoms with Gasteiger partial charge in [0.05, 0.1) is 6.10 Å². The maximum absolute atomic E-state index is 6.22. The Kier molecular flexibility index (Phi) is 4.77. The number of hydrogen-bond donors (Lipinski definition) is 1. The number of nitrogens with one attached hydrogen (secondary N) is 1. The minimum Gasteiger partial charge on any atom is -0.490 e. The van der Waals surface area contributed by atoms with E-state index in [-0.39, 0.29) is 0 Å². The third-order valence-electron chi connectivity index (χ3n) is 5.61. The lowest BCUT2D eigenvalue weighted by atomic mass is 9.72. The Morgan fingerprint density at radius 3 is 2.18 bits per heavy atom. The van der Waals surface area contributed by atoms with Crippen molar-refractivity contribution in [2.45, 2.75) is 64.9 Å². The second-order valence-corrected chi connectivity index (χ2v) is 8.22. The molecule has 0 spiro atoms. The van der Waals surface area contributed by atoms with Crippen molar-refractivity contribution in [3.05, 3.63) is 29.8 Å². The first kappa shape index (κ1) is 15.9. The van der Waals surface area contributed by atoms with E-state index in [2.05, 4.69) is 50.4 Å². The van der Waals surface area contributed by atoms with E-state index in [1.165, 1.54) is 37.7 Å². The molecule has 2 aliphatic rings. The largest absolute Gasteiger partial charge is 0.490 e. The van der Waals surface area contributed by atoms with E-state index in [0.717, 1.165) is 24.8 Å². The summed E-state index contributed by atoms with van der Waals surface area (Å²) >= 11 is 0. The number of ether oxygens (including phenoxy) is 1. The summed E-state index contributed by atoms with van der Waals surface area (Å²) in [6.07, 6.45) is 6.70. The Morgan fingerprint density at radius 2 is 1.64 bits per heavy atom. The van der Waals surface area contributed by atoms with Gasteiger partial charge in [-0.3, -0.25) is 0 Å². The zero-order valence-corrected chi connectivity index (χ0v) is 14.4. The molecule has 0 aromatic heterocycles. The molecular weight excluding hydrogens is 270 g/mol. The summed E-state index contributed by atoms with van der Waals surface area (Å²) in [5.74, 6) is 2.59. The van der Waals surface area contributed by atoms with E-state index in [4.69, 9.17) is 4.74 Å². The highest BCUT2D eigenvalue weighted by Gasteiger charge is 2.30. The summed E-state index contributed by atoms with van der Waals surface area (Å²) in [4.78, 5) is 0. The maximum Gasteiger partial charge on any atom is 0.119 e. The van der Waals surface area contributed by atoms with Gasteiger partial charge in [0.2, 0.25) is 0 Å². The predicted molar refractivity (Wildman–Crippen MR) is 92.5 cm³/mol. The molecule has 0 amide bonds. The molecule has 1 heterocycles. The third-order valence-corrected chi connectivity index (χ3v) is 5.61. The lowest BCUT2D eigenvalue weighted by molar-refractivity contribution is 0.0882. The molecule has 1 aliphatic carbocycles. The lowest BCUT2D eigenvalue weighted by Gasteiger charge is -2.37. The second kappa shape index (κ2) is 6.62. The highest BCUT2D eigenvalue weighted by molar-refractivity contribution is 5.30. The van der Waals surface area contributed by atoms with Crippen molar-refractivity contribution in [1.29, 1.82) is 0 Å². The average molecular weight is 301 g/mol. The van der Waals surface area contributed by atoms with Crippen molar-refractivity contribution in [1.82, 2.24) is 5.32 Å². The van der Waals surface area contributed by atoms with Crippen LogP contribution in [-0.4, -0.2) is 19.2 Å². The molecule has 122 valence electrons. The summed E-state index contributed by atoms with van der Waals surface area (Å²) in [5, 5.41) is 3.44. The van der Waals surface area contributed by atoms with Gasteiger partial charge in [-0.2, -0.15) is 0 Å². The van der Waals surface area contributed by atoms with Gasteiger partial charge in [-0.25, -0.2) is 0 Å². The molecule has 2 heteroatoms. The molecular formula is C20H31NO. The fourth-order valence-electron chi connectivity index (χ4n) is 4.00. The summed E-state index contributed by atoms with van der Waals surface area (Å²) < 4.78 is 6.22. The van der Waals surface area contributed by atoms with Gasteiger partial charge in [-0.05, 0) is 73.6 Å². The topological polar surface area (TPSA) is 21.3 Å². The minimum atomic E-state index is 0.414. The molecule has 1 saturated carbocycles. The first-order valence-corrected chi connectivity index (χ1v) is 9.00. The number of benzene rings is 1. The van der Waals surface area contributed by atoms with Crippen LogP contribution in [0.3, 0.4) is 0 Å². The van der Waals surface area contributed by atoms with Gasteiger partial charge in [0, 0.05) is 6.54 Å². The monoisotopic (exact) mass is 301 g/mol. The van der Waals surface area contributed by atoms with Crippen LogP contribution < -0.4 is 10.1 Å². The Morgan fingerprint density at radius 1 is 0.955 bits per heavy atom. The molecule has 1 saturated heterocycles. The molecule has 0 radical (unpaired) electrons. The minimum absolute atomic E-state index is 0.414. The van der Waals surface area contributed by atoms with Crippen LogP contribution in [0.15, 0.2) is 24.3 Å². The standard InChI is InChI=1S/C20H31NO/c1-20(2,3)17-6-10-19(11-7-17)22-18-8-4-15(5-9-18)16-12-13-21-14-16/h4-5,8-9,16-17,19,21H,6-7,10-14H2,1-3H3/t16?,17-,19-. The van der Waals surface area contributed by atoms with Crippen molar-refractivity contribution in [3.63, 3.8) is 0 Å². The Labute approximate surface area is 135 Å². The predicted octanol–water partition coefficient (Wildman–Crippen LogP) is 4.75. The molecule has 1 unspecified atom stereocenters. The van der Waals surface area contributed by atoms with E-state index in [1.807, 2.05) is 0 Å². The van der Waals surface area contributed by atoms with Gasteiger partial charge in [-0.15, -0.1) is 0 Å². The Hall–Kier alpha value is -1.02. The van der Waals surface area contributed by atoms with Crippen LogP contribution in [0, 0.1) is 11.3 Å². The van der Waals surface area contributed by atoms with Gasteiger partial charge in [-0.1, -0.05) is 32.9 Å². The molecule has 1 aliphatic heterocycles. The smallest absolute Gasteiger partial charge is 0.119 e. The van der Waals surface area contributed by atoms with Gasteiger partial charge >= 0.3 is 0 Å². The second-order valence-electron chi connectivity index (χ2n) is 8.22. The molecule has 2 fully saturated rings. The SMILES string of the molecule is CC(C)(C)[C@H]1CC[C@H](Oc2ccc(C3CCNC3)cc2)CC1. The van der Waals surface area contributed by atoms with Crippen molar-refractivity contribution in [2.24, 2.45) is 11.3 Å². The molecule has 0 bridgehead atoms. The average Bonchev–Trinajstić information content (AvgIpc) is 3.02. The quantitative estimate of drug-likeness (QED) is 0.870. The van der Waals surface area contributed by atoms with Gasteiger partial charge < -0.3 is 10.1 Å². The van der Waals surface area contributed by atoms with Crippen LogP contribution in [0.25, 0.3) is 0 Å². The molecule has 1 atom stereocenters. The first-order chi connectivity index (χ1) is 10.5. The van der Waals surface area contributed by atoms with E-state index in [9.17, 15) is 0 Å². The summed E-state index contributed by atoms with van der Waals surface area (Å²) in [6, 6.07) is 8.86. The van der Waals surface area contributed by atoms with Crippen LogP contribution in [0.2, 0.25) is 0 Å². The van der Waals surface area contributed by atoms with E-state index in [0.29, 0.717) is 17.4 Å². The molecule has 1 aromatic rings. The van der Waals surface area contributed by atoms with Crippen LogP contribution >= 0.6 is 0 Å². The van der Waals surface area contributed by atoms with Gasteiger partial charge in [0.25, 0.3) is 0 Å². The molecule has 1 aromatic carbocycles. The van der Waals surface area contributed by atoms with E-state index >= 15 is 0 Å². The summed E-state index contributed by atoms with van der Waals surface area (Å²) in [6.45, 7) is 9.39. The van der Waals surface area contributed by atoms with Crippen LogP contribution in [0.4, 0.5) is 0 Å². The molecule has 2 nitrogen and oxygen atoms in total. The zero-order valence-electron chi connectivity index (χ0n) is 14.4. The fraction of sp³-hybridized carbons (Fsp3) is 0.700. The number of hydrogen-bond acceptors (Lipinski definition) is 2. The fourth-order valence-corrected chi connectivity index (χ4v) is 4.00. The van der Waals surface area contributed by atoms with Crippen molar-refractivity contribution in [3.8, 4) is 5.75 Å². The Balaban J connectivity index is 1.51. The molecule has 1 N–H and O–H groups in total. The van der Waals surface area contributed by atoms with Crippen molar-refractivity contribution < 1.29 is 4.74 Å². The highest BCUT2D eigenvalue weighted by Crippen LogP contribution is 2.38. The van der Waals surface area contributed by atoms with E-state index in [1.54, 1.807) is 0 Å². The number of rotatable bonds is 3. The summed E-state index contributed by atoms with van der Waals surface area (Å²) in [7, 11) is 0. The zero-order chi connectivity index (χ0) is 15.6. The maximum atomic E-state index is 6.22. The normalized spacial score (nSPS) is 29.5. The first-order valence-electron chi connectivity index (χ1n) is 9.00. The lowest BCUT2D eigenvalue weighted by Crippen LogP contribution is -2.30. The molecule has 22 heavy (non-hydrogen) atoms. The van der Waals surface area contributed by atoms with Crippen LogP contribution in [0.5, 0.6) is 5.75 Å². The van der Waals surface area contributed by atoms with E-state index < -0.39 is 0 Å².